The maximum Gasteiger partial charge on any atom is 0.244 e. The zero-order valence-corrected chi connectivity index (χ0v) is 17.5. The summed E-state index contributed by atoms with van der Waals surface area (Å²) in [4.78, 5) is 19.6. The molecule has 3 heterocycles. The summed E-state index contributed by atoms with van der Waals surface area (Å²) in [6.45, 7) is 5.60. The van der Waals surface area contributed by atoms with E-state index in [1.54, 1.807) is 10.9 Å². The predicted molar refractivity (Wildman–Crippen MR) is 106 cm³/mol. The molecule has 1 aliphatic rings. The molecule has 3 rings (SSSR count). The Morgan fingerprint density at radius 1 is 1.27 bits per heavy atom. The van der Waals surface area contributed by atoms with Crippen molar-refractivity contribution < 1.29 is 4.79 Å². The van der Waals surface area contributed by atoms with E-state index in [1.807, 2.05) is 25.2 Å². The van der Waals surface area contributed by atoms with Crippen molar-refractivity contribution in [3.63, 3.8) is 0 Å². The van der Waals surface area contributed by atoms with Gasteiger partial charge in [-0.2, -0.15) is 5.10 Å². The van der Waals surface area contributed by atoms with E-state index in [9.17, 15) is 4.79 Å². The van der Waals surface area contributed by atoms with Crippen LogP contribution < -0.4 is 5.32 Å². The smallest absolute Gasteiger partial charge is 0.244 e. The number of nitrogens with zero attached hydrogens (tertiary/aromatic N) is 5. The zero-order valence-electron chi connectivity index (χ0n) is 15.9. The molecule has 7 nitrogen and oxygen atoms in total. The van der Waals surface area contributed by atoms with Gasteiger partial charge in [-0.3, -0.25) is 9.48 Å². The van der Waals surface area contributed by atoms with Gasteiger partial charge >= 0.3 is 0 Å². The standard InChI is InChI=1S/C17H26N6O.2ClH/c1-11(2)16-20-13-10-23(7-6-14(13)22(16)5)17(24)15(18-3)12-8-19-21(4)9-12;;/h8-9,11,15,18H,6-7,10H2,1-5H3;2*1H. The molecule has 146 valence electrons. The van der Waals surface area contributed by atoms with E-state index in [-0.39, 0.29) is 36.8 Å². The van der Waals surface area contributed by atoms with Crippen molar-refractivity contribution in [2.75, 3.05) is 13.6 Å². The molecule has 2 aromatic heterocycles. The number of rotatable bonds is 4. The summed E-state index contributed by atoms with van der Waals surface area (Å²) in [6, 6.07) is -0.367. The molecule has 1 aliphatic heterocycles. The van der Waals surface area contributed by atoms with E-state index in [0.29, 0.717) is 12.5 Å². The molecule has 0 radical (unpaired) electrons. The van der Waals surface area contributed by atoms with Crippen LogP contribution in [-0.4, -0.2) is 43.7 Å². The number of nitrogens with one attached hydrogen (secondary N) is 1. The molecule has 9 heteroatoms. The fourth-order valence-corrected chi connectivity index (χ4v) is 3.46. The minimum absolute atomic E-state index is 0. The van der Waals surface area contributed by atoms with Crippen LogP contribution in [0.15, 0.2) is 12.4 Å². The minimum Gasteiger partial charge on any atom is -0.335 e. The normalized spacial score (nSPS) is 14.5. The molecule has 1 unspecified atom stereocenters. The van der Waals surface area contributed by atoms with Crippen molar-refractivity contribution in [3.8, 4) is 0 Å². The number of imidazole rings is 1. The van der Waals surface area contributed by atoms with E-state index >= 15 is 0 Å². The van der Waals surface area contributed by atoms with Gasteiger partial charge < -0.3 is 14.8 Å². The topological polar surface area (TPSA) is 68.0 Å². The van der Waals surface area contributed by atoms with E-state index in [0.717, 1.165) is 30.0 Å². The second kappa shape index (κ2) is 8.88. The Kier molecular flexibility index (Phi) is 7.68. The van der Waals surface area contributed by atoms with Gasteiger partial charge in [-0.15, -0.1) is 24.8 Å². The molecule has 0 saturated heterocycles. The van der Waals surface area contributed by atoms with Crippen molar-refractivity contribution in [3.05, 3.63) is 35.2 Å². The highest BCUT2D eigenvalue weighted by Crippen LogP contribution is 2.25. The average Bonchev–Trinajstić information content (AvgIpc) is 3.12. The largest absolute Gasteiger partial charge is 0.335 e. The van der Waals surface area contributed by atoms with Gasteiger partial charge in [-0.05, 0) is 7.05 Å². The number of amides is 1. The second-order valence-corrected chi connectivity index (χ2v) is 6.76. The number of aryl methyl sites for hydroxylation is 1. The average molecular weight is 403 g/mol. The van der Waals surface area contributed by atoms with E-state index in [1.165, 1.54) is 5.69 Å². The Hall–Kier alpha value is -1.57. The molecule has 26 heavy (non-hydrogen) atoms. The molecule has 1 atom stereocenters. The highest BCUT2D eigenvalue weighted by atomic mass is 35.5. The number of fused-ring (bicyclic) bond motifs is 1. The van der Waals surface area contributed by atoms with Crippen LogP contribution >= 0.6 is 24.8 Å². The Bertz CT molecular complexity index is 755. The van der Waals surface area contributed by atoms with Crippen LogP contribution in [0.2, 0.25) is 0 Å². The molecule has 0 aromatic carbocycles. The molecule has 0 aliphatic carbocycles. The van der Waals surface area contributed by atoms with Gasteiger partial charge in [0.1, 0.15) is 11.9 Å². The number of hydrogen-bond acceptors (Lipinski definition) is 4. The first-order valence-electron chi connectivity index (χ1n) is 8.41. The van der Waals surface area contributed by atoms with Crippen molar-refractivity contribution in [2.45, 2.75) is 38.8 Å². The molecule has 2 aromatic rings. The molecule has 0 bridgehead atoms. The maximum atomic E-state index is 13.0. The number of halogens is 2. The highest BCUT2D eigenvalue weighted by molar-refractivity contribution is 5.85. The SMILES string of the molecule is CNC(C(=O)N1CCc2c(nc(C(C)C)n2C)C1)c1cnn(C)c1.Cl.Cl. The summed E-state index contributed by atoms with van der Waals surface area (Å²) in [6.07, 6.45) is 4.47. The predicted octanol–water partition coefficient (Wildman–Crippen LogP) is 1.97. The van der Waals surface area contributed by atoms with Gasteiger partial charge in [0, 0.05) is 50.4 Å². The molecule has 0 saturated carbocycles. The van der Waals surface area contributed by atoms with E-state index < -0.39 is 0 Å². The molecular formula is C17H28Cl2N6O. The lowest BCUT2D eigenvalue weighted by atomic mass is 10.1. The lowest BCUT2D eigenvalue weighted by molar-refractivity contribution is -0.134. The third-order valence-electron chi connectivity index (χ3n) is 4.71. The Morgan fingerprint density at radius 2 is 1.96 bits per heavy atom. The molecule has 1 N–H and O–H groups in total. The number of hydrogen-bond donors (Lipinski definition) is 1. The van der Waals surface area contributed by atoms with Crippen LogP contribution in [-0.2, 0) is 31.9 Å². The van der Waals surface area contributed by atoms with E-state index in [2.05, 4.69) is 35.9 Å². The summed E-state index contributed by atoms with van der Waals surface area (Å²) in [5.41, 5.74) is 3.17. The Morgan fingerprint density at radius 3 is 2.50 bits per heavy atom. The second-order valence-electron chi connectivity index (χ2n) is 6.76. The molecule has 0 spiro atoms. The van der Waals surface area contributed by atoms with Crippen molar-refractivity contribution in [1.82, 2.24) is 29.5 Å². The Labute approximate surface area is 167 Å². The van der Waals surface area contributed by atoms with Gasteiger partial charge in [0.05, 0.1) is 18.4 Å². The maximum absolute atomic E-state index is 13.0. The summed E-state index contributed by atoms with van der Waals surface area (Å²) in [7, 11) is 5.74. The summed E-state index contributed by atoms with van der Waals surface area (Å²) < 4.78 is 3.91. The highest BCUT2D eigenvalue weighted by Gasteiger charge is 2.30. The zero-order chi connectivity index (χ0) is 17.4. The lowest BCUT2D eigenvalue weighted by Crippen LogP contribution is -2.42. The lowest BCUT2D eigenvalue weighted by Gasteiger charge is -2.30. The van der Waals surface area contributed by atoms with Gasteiger partial charge in [0.25, 0.3) is 0 Å². The van der Waals surface area contributed by atoms with Crippen molar-refractivity contribution >= 4 is 30.7 Å². The quantitative estimate of drug-likeness (QED) is 0.848. The summed E-state index contributed by atoms with van der Waals surface area (Å²) in [5.74, 6) is 1.55. The first-order chi connectivity index (χ1) is 11.4. The van der Waals surface area contributed by atoms with Gasteiger partial charge in [0.15, 0.2) is 0 Å². The third kappa shape index (κ3) is 4.05. The first-order valence-corrected chi connectivity index (χ1v) is 8.41. The van der Waals surface area contributed by atoms with Crippen molar-refractivity contribution in [2.24, 2.45) is 14.1 Å². The van der Waals surface area contributed by atoms with Crippen LogP contribution in [0.25, 0.3) is 0 Å². The van der Waals surface area contributed by atoms with Crippen LogP contribution in [0.1, 0.15) is 48.6 Å². The van der Waals surface area contributed by atoms with Gasteiger partial charge in [-0.25, -0.2) is 4.98 Å². The summed E-state index contributed by atoms with van der Waals surface area (Å²) >= 11 is 0. The summed E-state index contributed by atoms with van der Waals surface area (Å²) in [5, 5.41) is 7.29. The van der Waals surface area contributed by atoms with Gasteiger partial charge in [0.2, 0.25) is 5.91 Å². The van der Waals surface area contributed by atoms with Crippen LogP contribution in [0.5, 0.6) is 0 Å². The van der Waals surface area contributed by atoms with Crippen LogP contribution in [0.4, 0.5) is 0 Å². The number of aromatic nitrogens is 4. The van der Waals surface area contributed by atoms with Crippen molar-refractivity contribution in [1.29, 1.82) is 0 Å². The monoisotopic (exact) mass is 402 g/mol. The molecule has 0 fully saturated rings. The fraction of sp³-hybridized carbons (Fsp3) is 0.588. The first kappa shape index (κ1) is 22.5. The van der Waals surface area contributed by atoms with Crippen LogP contribution in [0.3, 0.4) is 0 Å². The molecule has 1 amide bonds. The number of likely N-dealkylation sites (N-methyl/N-ethyl adjacent to an activating group) is 1. The Balaban J connectivity index is 0.00000169. The van der Waals surface area contributed by atoms with Crippen LogP contribution in [0, 0.1) is 0 Å². The minimum atomic E-state index is -0.367. The number of carbonyl (C=O) groups excluding carboxylic acids is 1. The van der Waals surface area contributed by atoms with Gasteiger partial charge in [-0.1, -0.05) is 13.8 Å². The number of carbonyl (C=O) groups is 1. The van der Waals surface area contributed by atoms with E-state index in [4.69, 9.17) is 4.98 Å². The fourth-order valence-electron chi connectivity index (χ4n) is 3.46. The molecular weight excluding hydrogens is 375 g/mol. The third-order valence-corrected chi connectivity index (χ3v) is 4.71.